The number of hydrogen-bond acceptors (Lipinski definition) is 2. The third-order valence-corrected chi connectivity index (χ3v) is 4.92. The van der Waals surface area contributed by atoms with Crippen LogP contribution in [0.2, 0.25) is 0 Å². The Kier molecular flexibility index (Phi) is 4.27. The van der Waals surface area contributed by atoms with E-state index < -0.39 is 11.6 Å². The minimum absolute atomic E-state index is 0.101. The van der Waals surface area contributed by atoms with E-state index in [0.717, 1.165) is 18.2 Å². The lowest BCUT2D eigenvalue weighted by Crippen LogP contribution is -2.27. The van der Waals surface area contributed by atoms with Gasteiger partial charge in [0.15, 0.2) is 0 Å². The van der Waals surface area contributed by atoms with Gasteiger partial charge in [0.25, 0.3) is 0 Å². The van der Waals surface area contributed by atoms with Gasteiger partial charge in [-0.15, -0.1) is 11.8 Å². The third-order valence-electron chi connectivity index (χ3n) is 3.79. The zero-order chi connectivity index (χ0) is 14.8. The summed E-state index contributed by atoms with van der Waals surface area (Å²) in [7, 11) is 0. The highest BCUT2D eigenvalue weighted by molar-refractivity contribution is 7.99. The van der Waals surface area contributed by atoms with Crippen LogP contribution in [0, 0.1) is 11.6 Å². The molecule has 0 bridgehead atoms. The maximum atomic E-state index is 13.3. The Hall–Kier alpha value is -1.39. The molecule has 0 aromatic heterocycles. The molecule has 0 aliphatic carbocycles. The normalized spacial score (nSPS) is 19.1. The number of hydrogen-bond donors (Lipinski definition) is 1. The van der Waals surface area contributed by atoms with Gasteiger partial charge in [0.2, 0.25) is 0 Å². The van der Waals surface area contributed by atoms with E-state index in [1.165, 1.54) is 22.6 Å². The Morgan fingerprint density at radius 2 is 1.86 bits per heavy atom. The number of halogens is 2. The van der Waals surface area contributed by atoms with Crippen molar-refractivity contribution in [3.8, 4) is 0 Å². The van der Waals surface area contributed by atoms with Crippen LogP contribution in [0.1, 0.15) is 36.6 Å². The second kappa shape index (κ2) is 6.16. The molecule has 1 aliphatic heterocycles. The molecule has 21 heavy (non-hydrogen) atoms. The summed E-state index contributed by atoms with van der Waals surface area (Å²) < 4.78 is 26.7. The van der Waals surface area contributed by atoms with Crippen LogP contribution >= 0.6 is 11.8 Å². The summed E-state index contributed by atoms with van der Waals surface area (Å²) in [4.78, 5) is 1.29. The monoisotopic (exact) mass is 305 g/mol. The molecule has 3 rings (SSSR count). The quantitative estimate of drug-likeness (QED) is 0.869. The van der Waals surface area contributed by atoms with Crippen molar-refractivity contribution in [1.82, 2.24) is 5.32 Å². The Balaban J connectivity index is 1.81. The average Bonchev–Trinajstić information content (AvgIpc) is 2.46. The van der Waals surface area contributed by atoms with Gasteiger partial charge in [0.1, 0.15) is 11.6 Å². The minimum Gasteiger partial charge on any atom is -0.303 e. The van der Waals surface area contributed by atoms with Crippen molar-refractivity contribution in [2.24, 2.45) is 0 Å². The molecule has 0 spiro atoms. The van der Waals surface area contributed by atoms with Gasteiger partial charge in [-0.3, -0.25) is 0 Å². The number of rotatable bonds is 3. The molecule has 0 radical (unpaired) electrons. The first kappa shape index (κ1) is 14.5. The van der Waals surface area contributed by atoms with Crippen molar-refractivity contribution in [1.29, 1.82) is 0 Å². The van der Waals surface area contributed by atoms with Gasteiger partial charge in [-0.1, -0.05) is 18.2 Å². The zero-order valence-electron chi connectivity index (χ0n) is 11.8. The van der Waals surface area contributed by atoms with E-state index in [2.05, 4.69) is 17.4 Å². The summed E-state index contributed by atoms with van der Waals surface area (Å²) in [6.45, 7) is 1.94. The maximum Gasteiger partial charge on any atom is 0.126 e. The van der Waals surface area contributed by atoms with Gasteiger partial charge < -0.3 is 5.32 Å². The highest BCUT2D eigenvalue weighted by Gasteiger charge is 2.22. The maximum absolute atomic E-state index is 13.3. The largest absolute Gasteiger partial charge is 0.303 e. The first-order chi connectivity index (χ1) is 10.1. The summed E-state index contributed by atoms with van der Waals surface area (Å²) in [6, 6.07) is 12.1. The van der Waals surface area contributed by atoms with Crippen LogP contribution in [0.5, 0.6) is 0 Å². The van der Waals surface area contributed by atoms with Crippen molar-refractivity contribution < 1.29 is 8.78 Å². The molecule has 1 N–H and O–H groups in total. The lowest BCUT2D eigenvalue weighted by molar-refractivity contribution is 0.446. The lowest BCUT2D eigenvalue weighted by atomic mass is 10.0. The van der Waals surface area contributed by atoms with Gasteiger partial charge in [-0.2, -0.15) is 0 Å². The van der Waals surface area contributed by atoms with Crippen LogP contribution in [0.3, 0.4) is 0 Å². The van der Waals surface area contributed by atoms with Crippen LogP contribution in [0.25, 0.3) is 0 Å². The molecule has 4 heteroatoms. The second-order valence-electron chi connectivity index (χ2n) is 5.32. The van der Waals surface area contributed by atoms with Crippen LogP contribution in [-0.4, -0.2) is 5.75 Å². The Labute approximate surface area is 127 Å². The first-order valence-electron chi connectivity index (χ1n) is 7.07. The van der Waals surface area contributed by atoms with Crippen molar-refractivity contribution in [3.63, 3.8) is 0 Å². The zero-order valence-corrected chi connectivity index (χ0v) is 12.6. The van der Waals surface area contributed by atoms with Crippen LogP contribution in [0.4, 0.5) is 8.78 Å². The average molecular weight is 305 g/mol. The molecule has 110 valence electrons. The number of fused-ring (bicyclic) bond motifs is 1. The first-order valence-corrected chi connectivity index (χ1v) is 8.06. The molecule has 1 heterocycles. The Bertz CT molecular complexity index is 624. The number of nitrogens with one attached hydrogen (secondary N) is 1. The molecule has 2 unspecified atom stereocenters. The van der Waals surface area contributed by atoms with Gasteiger partial charge in [0.05, 0.1) is 0 Å². The van der Waals surface area contributed by atoms with E-state index in [-0.39, 0.29) is 12.1 Å². The molecule has 2 aromatic rings. The lowest BCUT2D eigenvalue weighted by Gasteiger charge is -2.29. The van der Waals surface area contributed by atoms with E-state index in [1.807, 2.05) is 30.8 Å². The summed E-state index contributed by atoms with van der Waals surface area (Å²) in [5.74, 6) is -0.00432. The molecule has 2 atom stereocenters. The van der Waals surface area contributed by atoms with Crippen LogP contribution in [-0.2, 0) is 0 Å². The van der Waals surface area contributed by atoms with E-state index in [0.29, 0.717) is 5.56 Å². The highest BCUT2D eigenvalue weighted by Crippen LogP contribution is 2.37. The predicted molar refractivity (Wildman–Crippen MR) is 82.4 cm³/mol. The second-order valence-corrected chi connectivity index (χ2v) is 6.46. The van der Waals surface area contributed by atoms with Gasteiger partial charge in [-0.25, -0.2) is 8.78 Å². The Morgan fingerprint density at radius 1 is 1.14 bits per heavy atom. The standard InChI is InChI=1S/C17H17F2NS/c1-11(12-8-13(18)10-14(19)9-12)20-16-6-7-21-17-5-3-2-4-15(16)17/h2-5,8-11,16,20H,6-7H2,1H3. The van der Waals surface area contributed by atoms with Crippen LogP contribution in [0.15, 0.2) is 47.4 Å². The molecule has 0 saturated carbocycles. The van der Waals surface area contributed by atoms with E-state index in [4.69, 9.17) is 0 Å². The molecule has 0 amide bonds. The van der Waals surface area contributed by atoms with Crippen molar-refractivity contribution in [2.45, 2.75) is 30.3 Å². The van der Waals surface area contributed by atoms with Crippen LogP contribution < -0.4 is 5.32 Å². The molecule has 1 aliphatic rings. The highest BCUT2D eigenvalue weighted by atomic mass is 32.2. The fourth-order valence-corrected chi connectivity index (χ4v) is 3.86. The minimum atomic E-state index is -0.529. The van der Waals surface area contributed by atoms with E-state index >= 15 is 0 Å². The molecular weight excluding hydrogens is 288 g/mol. The molecular formula is C17H17F2NS. The number of benzene rings is 2. The van der Waals surface area contributed by atoms with Gasteiger partial charge >= 0.3 is 0 Å². The van der Waals surface area contributed by atoms with Gasteiger partial charge in [0, 0.05) is 23.0 Å². The van der Waals surface area contributed by atoms with Crippen molar-refractivity contribution >= 4 is 11.8 Å². The fourth-order valence-electron chi connectivity index (χ4n) is 2.74. The smallest absolute Gasteiger partial charge is 0.126 e. The molecule has 0 fully saturated rings. The molecule has 1 nitrogen and oxygen atoms in total. The van der Waals surface area contributed by atoms with Crippen molar-refractivity contribution in [2.75, 3.05) is 5.75 Å². The topological polar surface area (TPSA) is 12.0 Å². The number of thioether (sulfide) groups is 1. The summed E-state index contributed by atoms with van der Waals surface area (Å²) in [5.41, 5.74) is 1.92. The predicted octanol–water partition coefficient (Wildman–Crippen LogP) is 4.85. The van der Waals surface area contributed by atoms with E-state index in [1.54, 1.807) is 0 Å². The fraction of sp³-hybridized carbons (Fsp3) is 0.294. The SMILES string of the molecule is CC(NC1CCSc2ccccc21)c1cc(F)cc(F)c1. The summed E-state index contributed by atoms with van der Waals surface area (Å²) in [6.07, 6.45) is 1.02. The van der Waals surface area contributed by atoms with E-state index in [9.17, 15) is 8.78 Å². The summed E-state index contributed by atoms with van der Waals surface area (Å²) >= 11 is 1.86. The molecule has 2 aromatic carbocycles. The van der Waals surface area contributed by atoms with Gasteiger partial charge in [-0.05, 0) is 48.4 Å². The summed E-state index contributed by atoms with van der Waals surface area (Å²) in [5, 5.41) is 3.50. The van der Waals surface area contributed by atoms with Crippen molar-refractivity contribution in [3.05, 3.63) is 65.2 Å². The third kappa shape index (κ3) is 3.27. The molecule has 0 saturated heterocycles. The Morgan fingerprint density at radius 3 is 2.62 bits per heavy atom.